The fraction of sp³-hybridized carbons (Fsp3) is 0.533. The van der Waals surface area contributed by atoms with Crippen molar-refractivity contribution in [3.8, 4) is 0 Å². The van der Waals surface area contributed by atoms with Crippen LogP contribution in [0, 0.1) is 5.92 Å². The van der Waals surface area contributed by atoms with Crippen molar-refractivity contribution in [2.45, 2.75) is 37.8 Å². The van der Waals surface area contributed by atoms with Crippen LogP contribution in [0.4, 0.5) is 5.69 Å². The van der Waals surface area contributed by atoms with Gasteiger partial charge in [0, 0.05) is 18.2 Å². The number of hydrogen-bond acceptors (Lipinski definition) is 2. The molecule has 0 radical (unpaired) electrons. The van der Waals surface area contributed by atoms with Gasteiger partial charge in [0.25, 0.3) is 0 Å². The molecule has 0 aromatic heterocycles. The van der Waals surface area contributed by atoms with E-state index in [-0.39, 0.29) is 0 Å². The van der Waals surface area contributed by atoms with Crippen molar-refractivity contribution in [1.82, 2.24) is 4.90 Å². The summed E-state index contributed by atoms with van der Waals surface area (Å²) in [4.78, 5) is 7.46. The molecule has 0 amide bonds. The monoisotopic (exact) mass is 226 g/mol. The zero-order chi connectivity index (χ0) is 11.4. The van der Waals surface area contributed by atoms with Crippen LogP contribution in [-0.2, 0) is 6.42 Å². The standard InChI is InChI=1S/C15H18N2/c1-17-12-7-6-11(8-12)15(17)14-9-10-4-2-3-5-13(10)16-14/h2-5,11-12,15H,6-9H2,1H3/t11-,12+,15-/m0/s1. The molecule has 2 bridgehead atoms. The highest BCUT2D eigenvalue weighted by Gasteiger charge is 2.46. The third-order valence-electron chi connectivity index (χ3n) is 4.88. The van der Waals surface area contributed by atoms with E-state index in [1.54, 1.807) is 0 Å². The first kappa shape index (κ1) is 9.84. The molecular formula is C15H18N2. The summed E-state index contributed by atoms with van der Waals surface area (Å²) in [6, 6.07) is 10.0. The lowest BCUT2D eigenvalue weighted by Crippen LogP contribution is -2.43. The van der Waals surface area contributed by atoms with Gasteiger partial charge in [0.2, 0.25) is 0 Å². The molecule has 2 aliphatic heterocycles. The quantitative estimate of drug-likeness (QED) is 0.719. The molecule has 0 spiro atoms. The first-order valence-electron chi connectivity index (χ1n) is 6.70. The van der Waals surface area contributed by atoms with Gasteiger partial charge in [-0.3, -0.25) is 9.89 Å². The molecule has 1 saturated heterocycles. The van der Waals surface area contributed by atoms with Crippen molar-refractivity contribution in [1.29, 1.82) is 0 Å². The number of nitrogens with zero attached hydrogens (tertiary/aromatic N) is 2. The molecule has 2 fully saturated rings. The van der Waals surface area contributed by atoms with Gasteiger partial charge in [0.1, 0.15) is 0 Å². The van der Waals surface area contributed by atoms with Crippen molar-refractivity contribution >= 4 is 11.4 Å². The molecule has 4 rings (SSSR count). The number of hydrogen-bond donors (Lipinski definition) is 0. The van der Waals surface area contributed by atoms with Crippen LogP contribution in [0.5, 0.6) is 0 Å². The van der Waals surface area contributed by atoms with Gasteiger partial charge in [0.05, 0.1) is 11.7 Å². The van der Waals surface area contributed by atoms with E-state index in [2.05, 4.69) is 36.2 Å². The molecule has 1 saturated carbocycles. The summed E-state index contributed by atoms with van der Waals surface area (Å²) in [6.07, 6.45) is 5.29. The third kappa shape index (κ3) is 1.34. The van der Waals surface area contributed by atoms with Crippen LogP contribution in [0.1, 0.15) is 24.8 Å². The number of benzene rings is 1. The zero-order valence-electron chi connectivity index (χ0n) is 10.3. The minimum atomic E-state index is 0.626. The van der Waals surface area contributed by atoms with E-state index >= 15 is 0 Å². The maximum absolute atomic E-state index is 4.88. The van der Waals surface area contributed by atoms with E-state index in [4.69, 9.17) is 4.99 Å². The first-order chi connectivity index (χ1) is 8.33. The molecule has 1 aromatic rings. The molecule has 88 valence electrons. The van der Waals surface area contributed by atoms with Gasteiger partial charge >= 0.3 is 0 Å². The van der Waals surface area contributed by atoms with E-state index in [9.17, 15) is 0 Å². The molecule has 3 atom stereocenters. The number of para-hydroxylation sites is 1. The Balaban J connectivity index is 1.67. The highest BCUT2D eigenvalue weighted by Crippen LogP contribution is 2.43. The molecule has 3 aliphatic rings. The van der Waals surface area contributed by atoms with Gasteiger partial charge < -0.3 is 0 Å². The highest BCUT2D eigenvalue weighted by molar-refractivity contribution is 5.98. The Hall–Kier alpha value is -1.15. The van der Waals surface area contributed by atoms with E-state index in [0.717, 1.165) is 18.4 Å². The van der Waals surface area contributed by atoms with Crippen molar-refractivity contribution in [3.05, 3.63) is 29.8 Å². The maximum atomic E-state index is 4.88. The molecule has 2 heterocycles. The Kier molecular flexibility index (Phi) is 1.98. The van der Waals surface area contributed by atoms with Crippen molar-refractivity contribution in [3.63, 3.8) is 0 Å². The van der Waals surface area contributed by atoms with Crippen molar-refractivity contribution < 1.29 is 0 Å². The fourth-order valence-corrected chi connectivity index (χ4v) is 4.04. The number of fused-ring (bicyclic) bond motifs is 3. The average molecular weight is 226 g/mol. The van der Waals surface area contributed by atoms with Crippen LogP contribution in [-0.4, -0.2) is 29.7 Å². The average Bonchev–Trinajstić information content (AvgIpc) is 3.00. The summed E-state index contributed by atoms with van der Waals surface area (Å²) < 4.78 is 0. The van der Waals surface area contributed by atoms with E-state index in [0.29, 0.717) is 6.04 Å². The van der Waals surface area contributed by atoms with E-state index < -0.39 is 0 Å². The summed E-state index contributed by atoms with van der Waals surface area (Å²) in [5.41, 5.74) is 4.04. The van der Waals surface area contributed by atoms with Gasteiger partial charge in [-0.15, -0.1) is 0 Å². The summed E-state index contributed by atoms with van der Waals surface area (Å²) in [5.74, 6) is 0.873. The Morgan fingerprint density at radius 1 is 1.24 bits per heavy atom. The SMILES string of the molecule is CN1[C@@H]2CC[C@@H](C2)[C@H]1C1=Nc2ccccc2C1. The smallest absolute Gasteiger partial charge is 0.0665 e. The molecular weight excluding hydrogens is 208 g/mol. The largest absolute Gasteiger partial charge is 0.295 e. The minimum Gasteiger partial charge on any atom is -0.295 e. The number of aliphatic imine (C=N–C) groups is 1. The van der Waals surface area contributed by atoms with Gasteiger partial charge in [-0.25, -0.2) is 0 Å². The summed E-state index contributed by atoms with van der Waals surface area (Å²) in [6.45, 7) is 0. The number of likely N-dealkylation sites (tertiary alicyclic amines) is 1. The molecule has 0 N–H and O–H groups in total. The zero-order valence-corrected chi connectivity index (χ0v) is 10.3. The van der Waals surface area contributed by atoms with Crippen LogP contribution < -0.4 is 0 Å². The third-order valence-corrected chi connectivity index (χ3v) is 4.88. The minimum absolute atomic E-state index is 0.626. The molecule has 17 heavy (non-hydrogen) atoms. The fourth-order valence-electron chi connectivity index (χ4n) is 4.04. The van der Waals surface area contributed by atoms with Gasteiger partial charge in [0.15, 0.2) is 0 Å². The Labute approximate surface area is 102 Å². The van der Waals surface area contributed by atoms with E-state index in [1.165, 1.54) is 36.2 Å². The predicted octanol–water partition coefficient (Wildman–Crippen LogP) is 2.80. The summed E-state index contributed by atoms with van der Waals surface area (Å²) in [5, 5.41) is 0. The second kappa shape index (κ2) is 3.42. The first-order valence-corrected chi connectivity index (χ1v) is 6.70. The van der Waals surface area contributed by atoms with Crippen LogP contribution in [0.3, 0.4) is 0 Å². The van der Waals surface area contributed by atoms with Gasteiger partial charge in [-0.05, 0) is 43.9 Å². The van der Waals surface area contributed by atoms with Crippen molar-refractivity contribution in [2.24, 2.45) is 10.9 Å². The maximum Gasteiger partial charge on any atom is 0.0665 e. The van der Waals surface area contributed by atoms with Gasteiger partial charge in [-0.1, -0.05) is 18.2 Å². The molecule has 2 heteroatoms. The highest BCUT2D eigenvalue weighted by atomic mass is 15.2. The van der Waals surface area contributed by atoms with Crippen LogP contribution in [0.15, 0.2) is 29.3 Å². The van der Waals surface area contributed by atoms with Crippen LogP contribution in [0.2, 0.25) is 0 Å². The summed E-state index contributed by atoms with van der Waals surface area (Å²) >= 11 is 0. The Morgan fingerprint density at radius 3 is 2.88 bits per heavy atom. The second-order valence-corrected chi connectivity index (χ2v) is 5.75. The lowest BCUT2D eigenvalue weighted by Gasteiger charge is -2.32. The Morgan fingerprint density at radius 2 is 2.12 bits per heavy atom. The summed E-state index contributed by atoms with van der Waals surface area (Å²) in [7, 11) is 2.29. The molecule has 1 aromatic carbocycles. The lowest BCUT2D eigenvalue weighted by molar-refractivity contribution is 0.222. The number of piperidine rings is 1. The van der Waals surface area contributed by atoms with E-state index in [1.807, 2.05) is 0 Å². The van der Waals surface area contributed by atoms with Gasteiger partial charge in [-0.2, -0.15) is 0 Å². The Bertz CT molecular complexity index is 489. The van der Waals surface area contributed by atoms with Crippen LogP contribution in [0.25, 0.3) is 0 Å². The normalized spacial score (nSPS) is 35.1. The van der Waals surface area contributed by atoms with Crippen LogP contribution >= 0.6 is 0 Å². The molecule has 1 aliphatic carbocycles. The topological polar surface area (TPSA) is 15.6 Å². The lowest BCUT2D eigenvalue weighted by atomic mass is 9.92. The molecule has 0 unspecified atom stereocenters. The second-order valence-electron chi connectivity index (χ2n) is 5.75. The van der Waals surface area contributed by atoms with Crippen molar-refractivity contribution in [2.75, 3.05) is 7.05 Å². The predicted molar refractivity (Wildman–Crippen MR) is 69.9 cm³/mol. The molecule has 2 nitrogen and oxygen atoms in total. The number of rotatable bonds is 1.